The Hall–Kier alpha value is -3.32. The first-order chi connectivity index (χ1) is 22.3. The van der Waals surface area contributed by atoms with E-state index in [2.05, 4.69) is 42.8 Å². The number of nitrogens with one attached hydrogen (secondary N) is 3. The largest absolute Gasteiger partial charge is 0.443 e. The second-order valence-electron chi connectivity index (χ2n) is 13.6. The zero-order valence-corrected chi connectivity index (χ0v) is 28.7. The van der Waals surface area contributed by atoms with Crippen LogP contribution in [-0.2, 0) is 44.5 Å². The third-order valence-corrected chi connectivity index (χ3v) is 9.29. The lowest BCUT2D eigenvalue weighted by Crippen LogP contribution is -2.56. The molecule has 1 aromatic carbocycles. The Kier molecular flexibility index (Phi) is 12.2. The molecular weight excluding hydrogens is 606 g/mol. The van der Waals surface area contributed by atoms with Gasteiger partial charge in [-0.2, -0.15) is 0 Å². The lowest BCUT2D eigenvalue weighted by Gasteiger charge is -2.42. The molecule has 2 saturated heterocycles. The molecule has 3 fully saturated rings. The van der Waals surface area contributed by atoms with Gasteiger partial charge in [-0.05, 0) is 71.1 Å². The van der Waals surface area contributed by atoms with E-state index in [1.165, 1.54) is 5.57 Å². The highest BCUT2D eigenvalue weighted by atomic mass is 16.6. The molecule has 1 aromatic rings. The van der Waals surface area contributed by atoms with Gasteiger partial charge in [0.1, 0.15) is 42.7 Å². The number of carbonyl (C=O) groups excluding carboxylic acids is 4. The summed E-state index contributed by atoms with van der Waals surface area (Å²) in [5.41, 5.74) is 2.09. The van der Waals surface area contributed by atoms with Gasteiger partial charge in [0.25, 0.3) is 0 Å². The Bertz CT molecular complexity index is 1310. The number of Topliss-reactive ketones (excluding diaryl/α,β-unsaturated/α-hetero) is 1. The highest BCUT2D eigenvalue weighted by molar-refractivity contribution is 5.97. The van der Waals surface area contributed by atoms with Crippen molar-refractivity contribution in [2.45, 2.75) is 103 Å². The number of amides is 3. The summed E-state index contributed by atoms with van der Waals surface area (Å²) < 4.78 is 29.2. The number of ether oxygens (including phenoxy) is 5. The Labute approximate surface area is 277 Å². The summed E-state index contributed by atoms with van der Waals surface area (Å²) in [4.78, 5) is 49.0. The second-order valence-corrected chi connectivity index (χ2v) is 13.6. The van der Waals surface area contributed by atoms with Crippen molar-refractivity contribution in [2.24, 2.45) is 11.8 Å². The smallest absolute Gasteiger partial charge is 0.407 e. The van der Waals surface area contributed by atoms with Crippen molar-refractivity contribution in [1.29, 1.82) is 0 Å². The molecule has 3 amide bonds. The molecule has 2 aliphatic heterocycles. The molecule has 7 atom stereocenters. The number of benzene rings is 1. The Morgan fingerprint density at radius 1 is 1.09 bits per heavy atom. The number of carbonyl (C=O) groups is 4. The van der Waals surface area contributed by atoms with Gasteiger partial charge in [-0.25, -0.2) is 4.79 Å². The SMILES string of the molecule is CO[C@H]1[C@H](C2(C)OC2CC=C(C)C)[C@]2(CC[C@H]1OC(=O)NCCc1ccc(NC(=O)[C@H](C)NC(=O)COCC(=O)C(C)C)cc1)CO2. The van der Waals surface area contributed by atoms with Gasteiger partial charge in [-0.3, -0.25) is 14.4 Å². The highest BCUT2D eigenvalue weighted by Gasteiger charge is 2.72. The van der Waals surface area contributed by atoms with Crippen LogP contribution in [0.3, 0.4) is 0 Å². The zero-order chi connectivity index (χ0) is 34.4. The minimum Gasteiger partial charge on any atom is -0.443 e. The molecule has 1 saturated carbocycles. The summed E-state index contributed by atoms with van der Waals surface area (Å²) in [5, 5.41) is 8.17. The van der Waals surface area contributed by atoms with Crippen LogP contribution < -0.4 is 16.0 Å². The molecular formula is C35H51N3O9. The van der Waals surface area contributed by atoms with E-state index in [1.54, 1.807) is 40.0 Å². The third-order valence-electron chi connectivity index (χ3n) is 9.29. The maximum absolute atomic E-state index is 12.8. The van der Waals surface area contributed by atoms with E-state index < -0.39 is 35.7 Å². The fourth-order valence-electron chi connectivity index (χ4n) is 6.32. The summed E-state index contributed by atoms with van der Waals surface area (Å²) >= 11 is 0. The van der Waals surface area contributed by atoms with E-state index in [-0.39, 0.29) is 48.6 Å². The average molecular weight is 658 g/mol. The maximum Gasteiger partial charge on any atom is 0.407 e. The van der Waals surface area contributed by atoms with Gasteiger partial charge in [0.15, 0.2) is 5.78 Å². The van der Waals surface area contributed by atoms with Gasteiger partial charge in [0, 0.05) is 25.3 Å². The van der Waals surface area contributed by atoms with E-state index in [0.29, 0.717) is 31.7 Å². The normalized spacial score (nSPS) is 28.3. The lowest BCUT2D eigenvalue weighted by molar-refractivity contribution is -0.133. The minimum absolute atomic E-state index is 0.0408. The van der Waals surface area contributed by atoms with Crippen LogP contribution in [0.1, 0.15) is 66.4 Å². The van der Waals surface area contributed by atoms with Gasteiger partial charge in [-0.15, -0.1) is 0 Å². The summed E-state index contributed by atoms with van der Waals surface area (Å²) in [7, 11) is 1.65. The molecule has 0 radical (unpaired) electrons. The van der Waals surface area contributed by atoms with Gasteiger partial charge < -0.3 is 39.6 Å². The Morgan fingerprint density at radius 3 is 2.40 bits per heavy atom. The zero-order valence-electron chi connectivity index (χ0n) is 28.7. The second kappa shape index (κ2) is 15.7. The van der Waals surface area contributed by atoms with Crippen LogP contribution in [0.5, 0.6) is 0 Å². The van der Waals surface area contributed by atoms with Crippen LogP contribution in [0.25, 0.3) is 0 Å². The molecule has 12 nitrogen and oxygen atoms in total. The quantitative estimate of drug-likeness (QED) is 0.178. The first-order valence-electron chi connectivity index (χ1n) is 16.5. The van der Waals surface area contributed by atoms with Crippen molar-refractivity contribution in [3.8, 4) is 0 Å². The van der Waals surface area contributed by atoms with E-state index in [9.17, 15) is 19.2 Å². The molecule has 3 aliphatic rings. The monoisotopic (exact) mass is 657 g/mol. The highest BCUT2D eigenvalue weighted by Crippen LogP contribution is 2.59. The van der Waals surface area contributed by atoms with Gasteiger partial charge in [0.05, 0.1) is 18.6 Å². The van der Waals surface area contributed by atoms with Crippen LogP contribution in [-0.4, -0.2) is 92.7 Å². The van der Waals surface area contributed by atoms with Crippen LogP contribution >= 0.6 is 0 Å². The number of hydrogen-bond donors (Lipinski definition) is 3. The first kappa shape index (κ1) is 36.5. The van der Waals surface area contributed by atoms with Crippen LogP contribution in [0.4, 0.5) is 10.5 Å². The maximum atomic E-state index is 12.8. The van der Waals surface area contributed by atoms with Crippen molar-refractivity contribution in [3.63, 3.8) is 0 Å². The Balaban J connectivity index is 1.19. The summed E-state index contributed by atoms with van der Waals surface area (Å²) in [5.74, 6) is -1.18. The molecule has 4 rings (SSSR count). The van der Waals surface area contributed by atoms with Crippen molar-refractivity contribution in [1.82, 2.24) is 10.6 Å². The molecule has 47 heavy (non-hydrogen) atoms. The molecule has 2 heterocycles. The fraction of sp³-hybridized carbons (Fsp3) is 0.657. The molecule has 2 unspecified atom stereocenters. The molecule has 260 valence electrons. The van der Waals surface area contributed by atoms with Crippen molar-refractivity contribution < 1.29 is 42.9 Å². The molecule has 1 aliphatic carbocycles. The van der Waals surface area contributed by atoms with E-state index in [1.807, 2.05) is 12.1 Å². The van der Waals surface area contributed by atoms with E-state index in [0.717, 1.165) is 18.4 Å². The number of alkyl carbamates (subject to hydrolysis) is 1. The molecule has 3 N–H and O–H groups in total. The van der Waals surface area contributed by atoms with Crippen LogP contribution in [0.2, 0.25) is 0 Å². The number of methoxy groups -OCH3 is 1. The van der Waals surface area contributed by atoms with Crippen molar-refractivity contribution in [2.75, 3.05) is 38.8 Å². The number of rotatable bonds is 16. The van der Waals surface area contributed by atoms with Gasteiger partial charge >= 0.3 is 6.09 Å². The van der Waals surface area contributed by atoms with Gasteiger partial charge in [-0.1, -0.05) is 37.6 Å². The average Bonchev–Trinajstić information content (AvgIpc) is 3.94. The molecule has 12 heteroatoms. The van der Waals surface area contributed by atoms with E-state index in [4.69, 9.17) is 23.7 Å². The molecule has 0 aromatic heterocycles. The summed E-state index contributed by atoms with van der Waals surface area (Å²) in [6.07, 6.45) is 3.84. The predicted octanol–water partition coefficient (Wildman–Crippen LogP) is 3.72. The molecule has 1 spiro atoms. The number of anilines is 1. The van der Waals surface area contributed by atoms with Gasteiger partial charge in [0.2, 0.25) is 11.8 Å². The standard InChI is InChI=1S/C35H51N3O9/c1-21(2)8-13-28-34(6,47-28)31-30(43-7)27(14-16-35(31)20-45-35)46-33(42)36-17-15-24-9-11-25(12-10-24)38-32(41)23(5)37-29(40)19-44-18-26(39)22(3)4/h8-12,22-23,27-28,30-31H,13-20H2,1-7H3,(H,36,42)(H,37,40)(H,38,41)/t23-,27+,28?,30+,31+,34?,35-/m0/s1. The van der Waals surface area contributed by atoms with Crippen molar-refractivity contribution in [3.05, 3.63) is 41.5 Å². The summed E-state index contributed by atoms with van der Waals surface area (Å²) in [6, 6.07) is 6.43. The summed E-state index contributed by atoms with van der Waals surface area (Å²) in [6.45, 7) is 11.9. The first-order valence-corrected chi connectivity index (χ1v) is 16.5. The van der Waals surface area contributed by atoms with E-state index >= 15 is 0 Å². The Morgan fingerprint density at radius 2 is 1.79 bits per heavy atom. The number of allylic oxidation sites excluding steroid dienone is 1. The molecule has 0 bridgehead atoms. The fourth-order valence-corrected chi connectivity index (χ4v) is 6.32. The third kappa shape index (κ3) is 9.62. The number of ketones is 1. The van der Waals surface area contributed by atoms with Crippen molar-refractivity contribution >= 4 is 29.4 Å². The van der Waals surface area contributed by atoms with Crippen LogP contribution in [0, 0.1) is 11.8 Å². The lowest BCUT2D eigenvalue weighted by atomic mass is 9.68. The predicted molar refractivity (Wildman–Crippen MR) is 175 cm³/mol. The number of hydrogen-bond acceptors (Lipinski definition) is 9. The minimum atomic E-state index is -0.801. The number of epoxide rings is 2. The van der Waals surface area contributed by atoms with Crippen LogP contribution in [0.15, 0.2) is 35.9 Å². The topological polar surface area (TPSA) is 157 Å².